The van der Waals surface area contributed by atoms with Crippen LogP contribution in [-0.2, 0) is 6.42 Å². The fourth-order valence-corrected chi connectivity index (χ4v) is 2.26. The summed E-state index contributed by atoms with van der Waals surface area (Å²) in [4.78, 5) is 6.72. The zero-order chi connectivity index (χ0) is 12.3. The van der Waals surface area contributed by atoms with Gasteiger partial charge in [0.25, 0.3) is 0 Å². The van der Waals surface area contributed by atoms with Gasteiger partial charge in [-0.25, -0.2) is 0 Å². The molecule has 0 saturated carbocycles. The Morgan fingerprint density at radius 3 is 2.71 bits per heavy atom. The molecule has 0 radical (unpaired) electrons. The number of aryl methyl sites for hydroxylation is 1. The van der Waals surface area contributed by atoms with E-state index in [0.29, 0.717) is 18.4 Å². The maximum absolute atomic E-state index is 9.11. The van der Waals surface area contributed by atoms with E-state index in [2.05, 4.69) is 22.0 Å². The molecular weight excluding hydrogens is 218 g/mol. The minimum Gasteiger partial charge on any atom is -0.396 e. The number of likely N-dealkylation sites (tertiary alicyclic amines) is 1. The van der Waals surface area contributed by atoms with Gasteiger partial charge in [-0.3, -0.25) is 4.90 Å². The quantitative estimate of drug-likeness (QED) is 0.860. The van der Waals surface area contributed by atoms with Crippen LogP contribution in [0.2, 0.25) is 0 Å². The van der Waals surface area contributed by atoms with Gasteiger partial charge in [0, 0.05) is 13.0 Å². The first kappa shape index (κ1) is 12.5. The second kappa shape index (κ2) is 5.60. The van der Waals surface area contributed by atoms with Gasteiger partial charge in [0.05, 0.1) is 6.04 Å². The van der Waals surface area contributed by atoms with E-state index in [4.69, 9.17) is 9.63 Å². The first-order valence-corrected chi connectivity index (χ1v) is 6.42. The molecule has 5 nitrogen and oxygen atoms in total. The van der Waals surface area contributed by atoms with Gasteiger partial charge in [-0.1, -0.05) is 12.1 Å². The highest BCUT2D eigenvalue weighted by Crippen LogP contribution is 2.25. The molecule has 96 valence electrons. The molecule has 1 aliphatic rings. The van der Waals surface area contributed by atoms with Crippen LogP contribution >= 0.6 is 0 Å². The maximum Gasteiger partial charge on any atom is 0.243 e. The van der Waals surface area contributed by atoms with E-state index in [1.165, 1.54) is 0 Å². The van der Waals surface area contributed by atoms with Crippen molar-refractivity contribution in [3.8, 4) is 0 Å². The Hall–Kier alpha value is -0.940. The van der Waals surface area contributed by atoms with Crippen molar-refractivity contribution in [1.82, 2.24) is 15.0 Å². The lowest BCUT2D eigenvalue weighted by Crippen LogP contribution is -2.36. The van der Waals surface area contributed by atoms with E-state index >= 15 is 0 Å². The molecule has 0 aromatic carbocycles. The molecule has 1 fully saturated rings. The minimum atomic E-state index is 0.183. The molecule has 1 N–H and O–H groups in total. The number of hydrogen-bond acceptors (Lipinski definition) is 5. The topological polar surface area (TPSA) is 62.4 Å². The monoisotopic (exact) mass is 239 g/mol. The Kier molecular flexibility index (Phi) is 4.12. The van der Waals surface area contributed by atoms with Crippen molar-refractivity contribution < 1.29 is 9.63 Å². The van der Waals surface area contributed by atoms with Crippen LogP contribution in [0.1, 0.15) is 44.4 Å². The van der Waals surface area contributed by atoms with Gasteiger partial charge in [0.1, 0.15) is 0 Å². The van der Waals surface area contributed by atoms with Gasteiger partial charge >= 0.3 is 0 Å². The van der Waals surface area contributed by atoms with Gasteiger partial charge < -0.3 is 9.63 Å². The predicted octanol–water partition coefficient (Wildman–Crippen LogP) is 1.40. The van der Waals surface area contributed by atoms with E-state index in [0.717, 1.165) is 38.2 Å². The van der Waals surface area contributed by atoms with E-state index in [1.54, 1.807) is 0 Å². The molecule has 1 saturated heterocycles. The molecule has 0 aliphatic carbocycles. The minimum absolute atomic E-state index is 0.183. The molecule has 1 aromatic rings. The number of aliphatic hydroxyl groups is 1. The molecule has 0 bridgehead atoms. The SMILES string of the molecule is CCc1noc([C@@H](C)N2CCC(CO)CC2)n1. The molecule has 0 unspecified atom stereocenters. The van der Waals surface area contributed by atoms with E-state index in [9.17, 15) is 0 Å². The van der Waals surface area contributed by atoms with E-state index in [1.807, 2.05) is 6.92 Å². The standard InChI is InChI=1S/C12H21N3O2/c1-3-11-13-12(17-14-11)9(2)15-6-4-10(8-16)5-7-15/h9-10,16H,3-8H2,1-2H3/t9-/m1/s1. The van der Waals surface area contributed by atoms with Gasteiger partial charge in [-0.15, -0.1) is 0 Å². The van der Waals surface area contributed by atoms with Crippen molar-refractivity contribution in [2.45, 2.75) is 39.2 Å². The number of rotatable bonds is 4. The number of piperidine rings is 1. The lowest BCUT2D eigenvalue weighted by molar-refractivity contribution is 0.0929. The number of nitrogens with zero attached hydrogens (tertiary/aromatic N) is 3. The third-order valence-electron chi connectivity index (χ3n) is 3.61. The summed E-state index contributed by atoms with van der Waals surface area (Å²) < 4.78 is 5.27. The smallest absolute Gasteiger partial charge is 0.243 e. The zero-order valence-electron chi connectivity index (χ0n) is 10.6. The highest BCUT2D eigenvalue weighted by molar-refractivity contribution is 4.93. The third-order valence-corrected chi connectivity index (χ3v) is 3.61. The molecule has 0 spiro atoms. The van der Waals surface area contributed by atoms with E-state index < -0.39 is 0 Å². The molecule has 1 aromatic heterocycles. The average Bonchev–Trinajstić information content (AvgIpc) is 2.87. The first-order valence-electron chi connectivity index (χ1n) is 6.42. The van der Waals surface area contributed by atoms with Crippen LogP contribution in [0.4, 0.5) is 0 Å². The maximum atomic E-state index is 9.11. The normalized spacial score (nSPS) is 20.6. The first-order chi connectivity index (χ1) is 8.24. The number of hydrogen-bond donors (Lipinski definition) is 1. The number of aliphatic hydroxyl groups excluding tert-OH is 1. The van der Waals surface area contributed by atoms with Crippen molar-refractivity contribution in [3.63, 3.8) is 0 Å². The second-order valence-electron chi connectivity index (χ2n) is 4.74. The fraction of sp³-hybridized carbons (Fsp3) is 0.833. The van der Waals surface area contributed by atoms with Crippen LogP contribution in [0.5, 0.6) is 0 Å². The van der Waals surface area contributed by atoms with Gasteiger partial charge in [-0.05, 0) is 38.8 Å². The van der Waals surface area contributed by atoms with Gasteiger partial charge in [0.2, 0.25) is 5.89 Å². The van der Waals surface area contributed by atoms with Crippen LogP contribution < -0.4 is 0 Å². The molecule has 1 atom stereocenters. The summed E-state index contributed by atoms with van der Waals surface area (Å²) in [7, 11) is 0. The zero-order valence-corrected chi connectivity index (χ0v) is 10.6. The highest BCUT2D eigenvalue weighted by atomic mass is 16.5. The van der Waals surface area contributed by atoms with Crippen molar-refractivity contribution in [2.24, 2.45) is 5.92 Å². The molecule has 0 amide bonds. The Bertz CT molecular complexity index is 345. The van der Waals surface area contributed by atoms with Crippen molar-refractivity contribution in [3.05, 3.63) is 11.7 Å². The summed E-state index contributed by atoms with van der Waals surface area (Å²) >= 11 is 0. The van der Waals surface area contributed by atoms with Crippen LogP contribution in [0.15, 0.2) is 4.52 Å². The van der Waals surface area contributed by atoms with Crippen molar-refractivity contribution >= 4 is 0 Å². The Morgan fingerprint density at radius 1 is 1.47 bits per heavy atom. The summed E-state index contributed by atoms with van der Waals surface area (Å²) in [5, 5.41) is 13.0. The highest BCUT2D eigenvalue weighted by Gasteiger charge is 2.26. The lowest BCUT2D eigenvalue weighted by atomic mass is 9.97. The summed E-state index contributed by atoms with van der Waals surface area (Å²) in [5.74, 6) is 1.95. The molecule has 2 rings (SSSR count). The van der Waals surface area contributed by atoms with Crippen LogP contribution in [0.3, 0.4) is 0 Å². The van der Waals surface area contributed by atoms with Crippen molar-refractivity contribution in [2.75, 3.05) is 19.7 Å². The summed E-state index contributed by atoms with van der Waals surface area (Å²) in [6.45, 7) is 6.42. The largest absolute Gasteiger partial charge is 0.396 e. The third kappa shape index (κ3) is 2.84. The average molecular weight is 239 g/mol. The Labute approximate surface area is 102 Å². The van der Waals surface area contributed by atoms with Gasteiger partial charge in [0.15, 0.2) is 5.82 Å². The molecular formula is C12H21N3O2. The lowest BCUT2D eigenvalue weighted by Gasteiger charge is -2.33. The Balaban J connectivity index is 1.94. The summed E-state index contributed by atoms with van der Waals surface area (Å²) in [6.07, 6.45) is 2.91. The molecule has 2 heterocycles. The molecule has 17 heavy (non-hydrogen) atoms. The van der Waals surface area contributed by atoms with Crippen LogP contribution in [0.25, 0.3) is 0 Å². The molecule has 5 heteroatoms. The van der Waals surface area contributed by atoms with Crippen LogP contribution in [0, 0.1) is 5.92 Å². The molecule has 1 aliphatic heterocycles. The fourth-order valence-electron chi connectivity index (χ4n) is 2.26. The summed E-state index contributed by atoms with van der Waals surface area (Å²) in [6, 6.07) is 0.183. The van der Waals surface area contributed by atoms with Gasteiger partial charge in [-0.2, -0.15) is 4.98 Å². The van der Waals surface area contributed by atoms with Crippen molar-refractivity contribution in [1.29, 1.82) is 0 Å². The van der Waals surface area contributed by atoms with Crippen LogP contribution in [-0.4, -0.2) is 39.8 Å². The Morgan fingerprint density at radius 2 is 2.18 bits per heavy atom. The second-order valence-corrected chi connectivity index (χ2v) is 4.74. The predicted molar refractivity (Wildman–Crippen MR) is 63.5 cm³/mol. The van der Waals surface area contributed by atoms with E-state index in [-0.39, 0.29) is 6.04 Å². The summed E-state index contributed by atoms with van der Waals surface area (Å²) in [5.41, 5.74) is 0. The number of aromatic nitrogens is 2.